The van der Waals surface area contributed by atoms with Gasteiger partial charge in [0, 0.05) is 13.0 Å². The number of amides is 1. The van der Waals surface area contributed by atoms with Crippen molar-refractivity contribution in [2.75, 3.05) is 19.6 Å². The molecule has 0 spiro atoms. The van der Waals surface area contributed by atoms with Crippen LogP contribution in [-0.2, 0) is 11.2 Å². The van der Waals surface area contributed by atoms with Crippen LogP contribution in [0.2, 0.25) is 0 Å². The van der Waals surface area contributed by atoms with Crippen molar-refractivity contribution in [3.05, 3.63) is 35.1 Å². The van der Waals surface area contributed by atoms with Crippen molar-refractivity contribution in [3.8, 4) is 0 Å². The Morgan fingerprint density at radius 3 is 3.05 bits per heavy atom. The standard InChI is InChI=1S/C16H23FN2O/c1-12-9-15(17)5-4-14(12)6-8-19-16(20)10-13-3-2-7-18-11-13/h4-5,9,13,18H,2-3,6-8,10-11H2,1H3,(H,19,20). The number of benzene rings is 1. The van der Waals surface area contributed by atoms with Gasteiger partial charge in [-0.3, -0.25) is 4.79 Å². The molecule has 20 heavy (non-hydrogen) atoms. The number of halogens is 1. The van der Waals surface area contributed by atoms with E-state index in [1.54, 1.807) is 6.07 Å². The molecule has 1 fully saturated rings. The Balaban J connectivity index is 1.70. The predicted octanol–water partition coefficient (Wildman–Crippen LogP) is 2.18. The Hall–Kier alpha value is -1.42. The van der Waals surface area contributed by atoms with E-state index in [0.29, 0.717) is 18.9 Å². The Morgan fingerprint density at radius 2 is 2.35 bits per heavy atom. The second kappa shape index (κ2) is 7.39. The lowest BCUT2D eigenvalue weighted by atomic mass is 9.96. The number of rotatable bonds is 5. The summed E-state index contributed by atoms with van der Waals surface area (Å²) in [6.45, 7) is 4.53. The third-order valence-electron chi connectivity index (χ3n) is 3.89. The molecule has 0 radical (unpaired) electrons. The molecule has 1 aliphatic rings. The van der Waals surface area contributed by atoms with Crippen LogP contribution in [0.25, 0.3) is 0 Å². The maximum absolute atomic E-state index is 13.0. The van der Waals surface area contributed by atoms with Crippen LogP contribution in [0.3, 0.4) is 0 Å². The Labute approximate surface area is 120 Å². The maximum Gasteiger partial charge on any atom is 0.220 e. The highest BCUT2D eigenvalue weighted by Crippen LogP contribution is 2.14. The molecule has 0 aliphatic carbocycles. The molecular formula is C16H23FN2O. The summed E-state index contributed by atoms with van der Waals surface area (Å²) in [7, 11) is 0. The van der Waals surface area contributed by atoms with Crippen LogP contribution in [-0.4, -0.2) is 25.5 Å². The minimum atomic E-state index is -0.208. The molecule has 2 rings (SSSR count). The Morgan fingerprint density at radius 1 is 1.50 bits per heavy atom. The van der Waals surface area contributed by atoms with E-state index in [1.165, 1.54) is 12.1 Å². The minimum Gasteiger partial charge on any atom is -0.356 e. The molecule has 0 aromatic heterocycles. The second-order valence-electron chi connectivity index (χ2n) is 5.59. The van der Waals surface area contributed by atoms with Crippen LogP contribution in [0.5, 0.6) is 0 Å². The van der Waals surface area contributed by atoms with Crippen molar-refractivity contribution in [1.82, 2.24) is 10.6 Å². The molecule has 0 bridgehead atoms. The van der Waals surface area contributed by atoms with Gasteiger partial charge < -0.3 is 10.6 Å². The largest absolute Gasteiger partial charge is 0.356 e. The van der Waals surface area contributed by atoms with Crippen molar-refractivity contribution in [2.45, 2.75) is 32.6 Å². The monoisotopic (exact) mass is 278 g/mol. The first kappa shape index (κ1) is 15.0. The summed E-state index contributed by atoms with van der Waals surface area (Å²) < 4.78 is 13.0. The quantitative estimate of drug-likeness (QED) is 0.867. The maximum atomic E-state index is 13.0. The molecular weight excluding hydrogens is 255 g/mol. The van der Waals surface area contributed by atoms with Crippen LogP contribution < -0.4 is 10.6 Å². The van der Waals surface area contributed by atoms with Gasteiger partial charge in [-0.2, -0.15) is 0 Å². The molecule has 1 amide bonds. The fourth-order valence-corrected chi connectivity index (χ4v) is 2.71. The van der Waals surface area contributed by atoms with Crippen molar-refractivity contribution in [2.24, 2.45) is 5.92 Å². The van der Waals surface area contributed by atoms with Crippen molar-refractivity contribution in [3.63, 3.8) is 0 Å². The molecule has 0 saturated carbocycles. The molecule has 1 saturated heterocycles. The lowest BCUT2D eigenvalue weighted by molar-refractivity contribution is -0.122. The lowest BCUT2D eigenvalue weighted by Gasteiger charge is -2.22. The number of hydrogen-bond donors (Lipinski definition) is 2. The van der Waals surface area contributed by atoms with E-state index in [0.717, 1.165) is 43.5 Å². The summed E-state index contributed by atoms with van der Waals surface area (Å²) in [5, 5.41) is 6.28. The predicted molar refractivity (Wildman–Crippen MR) is 78.1 cm³/mol. The first-order valence-electron chi connectivity index (χ1n) is 7.37. The average Bonchev–Trinajstić information content (AvgIpc) is 2.42. The van der Waals surface area contributed by atoms with Crippen LogP contribution in [0, 0.1) is 18.7 Å². The van der Waals surface area contributed by atoms with Gasteiger partial charge in [0.2, 0.25) is 5.91 Å². The zero-order valence-electron chi connectivity index (χ0n) is 12.0. The number of carbonyl (C=O) groups is 1. The average molecular weight is 278 g/mol. The molecule has 1 atom stereocenters. The first-order valence-corrected chi connectivity index (χ1v) is 7.37. The number of hydrogen-bond acceptors (Lipinski definition) is 2. The molecule has 110 valence electrons. The molecule has 3 nitrogen and oxygen atoms in total. The van der Waals surface area contributed by atoms with Gasteiger partial charge in [0.05, 0.1) is 0 Å². The molecule has 1 unspecified atom stereocenters. The molecule has 1 aromatic rings. The molecule has 1 aliphatic heterocycles. The molecule has 4 heteroatoms. The Kier molecular flexibility index (Phi) is 5.53. The Bertz CT molecular complexity index is 456. The summed E-state index contributed by atoms with van der Waals surface area (Å²) in [5.41, 5.74) is 2.03. The SMILES string of the molecule is Cc1cc(F)ccc1CCNC(=O)CC1CCCNC1. The highest BCUT2D eigenvalue weighted by Gasteiger charge is 2.16. The van der Waals surface area contributed by atoms with Gasteiger partial charge in [-0.25, -0.2) is 4.39 Å². The van der Waals surface area contributed by atoms with Gasteiger partial charge in [-0.1, -0.05) is 6.07 Å². The highest BCUT2D eigenvalue weighted by atomic mass is 19.1. The van der Waals surface area contributed by atoms with Crippen molar-refractivity contribution < 1.29 is 9.18 Å². The first-order chi connectivity index (χ1) is 9.65. The van der Waals surface area contributed by atoms with Gasteiger partial charge >= 0.3 is 0 Å². The molecule has 1 aromatic carbocycles. The summed E-state index contributed by atoms with van der Waals surface area (Å²) in [6.07, 6.45) is 3.65. The number of carbonyl (C=O) groups excluding carboxylic acids is 1. The van der Waals surface area contributed by atoms with Crippen LogP contribution >= 0.6 is 0 Å². The van der Waals surface area contributed by atoms with E-state index in [-0.39, 0.29) is 11.7 Å². The third-order valence-corrected chi connectivity index (χ3v) is 3.89. The normalized spacial score (nSPS) is 18.8. The van der Waals surface area contributed by atoms with E-state index >= 15 is 0 Å². The van der Waals surface area contributed by atoms with E-state index < -0.39 is 0 Å². The van der Waals surface area contributed by atoms with Gasteiger partial charge in [0.1, 0.15) is 5.82 Å². The van der Waals surface area contributed by atoms with E-state index in [2.05, 4.69) is 10.6 Å². The topological polar surface area (TPSA) is 41.1 Å². The second-order valence-corrected chi connectivity index (χ2v) is 5.59. The van der Waals surface area contributed by atoms with E-state index in [9.17, 15) is 9.18 Å². The minimum absolute atomic E-state index is 0.124. The van der Waals surface area contributed by atoms with Crippen LogP contribution in [0.4, 0.5) is 4.39 Å². The summed E-state index contributed by atoms with van der Waals surface area (Å²) in [4.78, 5) is 11.8. The number of aryl methyl sites for hydroxylation is 1. The summed E-state index contributed by atoms with van der Waals surface area (Å²) in [5.74, 6) is 0.384. The van der Waals surface area contributed by atoms with Crippen LogP contribution in [0.1, 0.15) is 30.4 Å². The van der Waals surface area contributed by atoms with Gasteiger partial charge in [-0.15, -0.1) is 0 Å². The highest BCUT2D eigenvalue weighted by molar-refractivity contribution is 5.76. The van der Waals surface area contributed by atoms with Crippen molar-refractivity contribution >= 4 is 5.91 Å². The summed E-state index contributed by atoms with van der Waals surface area (Å²) in [6, 6.07) is 4.80. The van der Waals surface area contributed by atoms with Gasteiger partial charge in [0.15, 0.2) is 0 Å². The number of nitrogens with one attached hydrogen (secondary N) is 2. The van der Waals surface area contributed by atoms with Gasteiger partial charge in [-0.05, 0) is 68.5 Å². The molecule has 2 N–H and O–H groups in total. The number of piperidine rings is 1. The van der Waals surface area contributed by atoms with Crippen molar-refractivity contribution in [1.29, 1.82) is 0 Å². The van der Waals surface area contributed by atoms with E-state index in [1.807, 2.05) is 6.92 Å². The molecule has 1 heterocycles. The summed E-state index contributed by atoms with van der Waals surface area (Å²) >= 11 is 0. The zero-order valence-corrected chi connectivity index (χ0v) is 12.0. The fraction of sp³-hybridized carbons (Fsp3) is 0.562. The van der Waals surface area contributed by atoms with E-state index in [4.69, 9.17) is 0 Å². The fourth-order valence-electron chi connectivity index (χ4n) is 2.71. The third kappa shape index (κ3) is 4.60. The smallest absolute Gasteiger partial charge is 0.220 e. The lowest BCUT2D eigenvalue weighted by Crippen LogP contribution is -2.34. The zero-order chi connectivity index (χ0) is 14.4. The van der Waals surface area contributed by atoms with Crippen LogP contribution in [0.15, 0.2) is 18.2 Å². The van der Waals surface area contributed by atoms with Gasteiger partial charge in [0.25, 0.3) is 0 Å².